The molecule has 0 aliphatic rings. The molecule has 0 aliphatic carbocycles. The Hall–Kier alpha value is -1.91. The first-order valence-corrected chi connectivity index (χ1v) is 7.23. The van der Waals surface area contributed by atoms with Gasteiger partial charge in [0.05, 0.1) is 6.04 Å². The Kier molecular flexibility index (Phi) is 4.37. The number of nitrogens with zero attached hydrogens (tertiary/aromatic N) is 4. The van der Waals surface area contributed by atoms with Crippen LogP contribution in [0.5, 0.6) is 0 Å². The van der Waals surface area contributed by atoms with Crippen LogP contribution in [0.3, 0.4) is 0 Å². The minimum absolute atomic E-state index is 0.340. The summed E-state index contributed by atoms with van der Waals surface area (Å²) in [5.41, 5.74) is 10.1. The maximum absolute atomic E-state index is 6.04. The maximum atomic E-state index is 6.04. The van der Waals surface area contributed by atoms with E-state index in [1.54, 1.807) is 0 Å². The number of hydrogen-bond donors (Lipinski definition) is 1. The highest BCUT2D eigenvalue weighted by Crippen LogP contribution is 2.29. The summed E-state index contributed by atoms with van der Waals surface area (Å²) < 4.78 is 1.95. The molecule has 0 aliphatic heterocycles. The number of aryl methyl sites for hydroxylation is 2. The average Bonchev–Trinajstić information content (AvgIpc) is 2.89. The van der Waals surface area contributed by atoms with E-state index >= 15 is 0 Å². The number of benzene rings is 1. The standard InChI is InChI=1S/C15H23N5/c1-5-7-12(6-2)20-15(17-18-19-20)13-9-14(16)11(4)8-10(13)3/h8-9,12H,5-7,16H2,1-4H3. The van der Waals surface area contributed by atoms with Gasteiger partial charge in [-0.1, -0.05) is 26.3 Å². The van der Waals surface area contributed by atoms with Crippen molar-refractivity contribution in [1.82, 2.24) is 20.2 Å². The number of aromatic nitrogens is 4. The van der Waals surface area contributed by atoms with Gasteiger partial charge in [-0.25, -0.2) is 4.68 Å². The molecule has 1 aromatic carbocycles. The van der Waals surface area contributed by atoms with Gasteiger partial charge in [-0.2, -0.15) is 0 Å². The fraction of sp³-hybridized carbons (Fsp3) is 0.533. The molecular weight excluding hydrogens is 250 g/mol. The number of anilines is 1. The van der Waals surface area contributed by atoms with Gasteiger partial charge in [-0.15, -0.1) is 5.10 Å². The molecule has 2 rings (SSSR count). The lowest BCUT2D eigenvalue weighted by molar-refractivity contribution is 0.403. The molecule has 1 heterocycles. The quantitative estimate of drug-likeness (QED) is 0.849. The highest BCUT2D eigenvalue weighted by atomic mass is 15.5. The molecule has 20 heavy (non-hydrogen) atoms. The molecule has 0 bridgehead atoms. The summed E-state index contributed by atoms with van der Waals surface area (Å²) in [7, 11) is 0. The van der Waals surface area contributed by atoms with Gasteiger partial charge in [0.25, 0.3) is 0 Å². The molecule has 0 radical (unpaired) electrons. The van der Waals surface area contributed by atoms with Crippen molar-refractivity contribution >= 4 is 5.69 Å². The van der Waals surface area contributed by atoms with Crippen LogP contribution in [0, 0.1) is 13.8 Å². The monoisotopic (exact) mass is 273 g/mol. The summed E-state index contributed by atoms with van der Waals surface area (Å²) in [6, 6.07) is 4.41. The topological polar surface area (TPSA) is 69.6 Å². The smallest absolute Gasteiger partial charge is 0.182 e. The van der Waals surface area contributed by atoms with E-state index in [0.717, 1.165) is 47.5 Å². The first kappa shape index (κ1) is 14.5. The fourth-order valence-electron chi connectivity index (χ4n) is 2.56. The Bertz CT molecular complexity index is 588. The molecule has 5 heteroatoms. The van der Waals surface area contributed by atoms with E-state index in [-0.39, 0.29) is 0 Å². The van der Waals surface area contributed by atoms with Crippen molar-refractivity contribution in [2.24, 2.45) is 0 Å². The Morgan fingerprint density at radius 3 is 2.60 bits per heavy atom. The van der Waals surface area contributed by atoms with Crippen LogP contribution in [0.4, 0.5) is 5.69 Å². The van der Waals surface area contributed by atoms with Crippen molar-refractivity contribution in [3.8, 4) is 11.4 Å². The maximum Gasteiger partial charge on any atom is 0.182 e. The fourth-order valence-corrected chi connectivity index (χ4v) is 2.56. The molecule has 2 N–H and O–H groups in total. The van der Waals surface area contributed by atoms with Crippen LogP contribution in [-0.2, 0) is 0 Å². The number of nitrogen functional groups attached to an aromatic ring is 1. The van der Waals surface area contributed by atoms with Gasteiger partial charge in [0.2, 0.25) is 0 Å². The van der Waals surface area contributed by atoms with Crippen LogP contribution in [0.2, 0.25) is 0 Å². The lowest BCUT2D eigenvalue weighted by atomic mass is 10.0. The third kappa shape index (κ3) is 2.66. The van der Waals surface area contributed by atoms with Crippen molar-refractivity contribution in [2.45, 2.75) is 53.0 Å². The molecule has 108 valence electrons. The minimum atomic E-state index is 0.340. The summed E-state index contributed by atoms with van der Waals surface area (Å²) in [5, 5.41) is 12.3. The van der Waals surface area contributed by atoms with Gasteiger partial charge in [-0.05, 0) is 54.3 Å². The van der Waals surface area contributed by atoms with E-state index in [1.807, 2.05) is 17.7 Å². The van der Waals surface area contributed by atoms with Gasteiger partial charge in [0.15, 0.2) is 5.82 Å². The van der Waals surface area contributed by atoms with Gasteiger partial charge in [-0.3, -0.25) is 0 Å². The molecule has 1 unspecified atom stereocenters. The highest BCUT2D eigenvalue weighted by Gasteiger charge is 2.18. The summed E-state index contributed by atoms with van der Waals surface area (Å²) in [6.07, 6.45) is 3.22. The van der Waals surface area contributed by atoms with Crippen LogP contribution in [0.1, 0.15) is 50.3 Å². The second kappa shape index (κ2) is 6.03. The van der Waals surface area contributed by atoms with Crippen LogP contribution in [0.25, 0.3) is 11.4 Å². The molecule has 1 atom stereocenters. The van der Waals surface area contributed by atoms with Gasteiger partial charge >= 0.3 is 0 Å². The SMILES string of the molecule is CCCC(CC)n1nnnc1-c1cc(N)c(C)cc1C. The first-order chi connectivity index (χ1) is 9.58. The second-order valence-corrected chi connectivity index (χ2v) is 5.32. The Morgan fingerprint density at radius 1 is 1.20 bits per heavy atom. The zero-order chi connectivity index (χ0) is 14.7. The number of nitrogens with two attached hydrogens (primary N) is 1. The minimum Gasteiger partial charge on any atom is -0.398 e. The van der Waals surface area contributed by atoms with Crippen molar-refractivity contribution < 1.29 is 0 Å². The number of tetrazole rings is 1. The lowest BCUT2D eigenvalue weighted by Gasteiger charge is -2.17. The van der Waals surface area contributed by atoms with Gasteiger partial charge in [0, 0.05) is 11.3 Å². The van der Waals surface area contributed by atoms with E-state index < -0.39 is 0 Å². The molecule has 0 saturated carbocycles. The molecule has 2 aromatic rings. The van der Waals surface area contributed by atoms with Crippen molar-refractivity contribution in [1.29, 1.82) is 0 Å². The predicted molar refractivity (Wildman–Crippen MR) is 81.4 cm³/mol. The van der Waals surface area contributed by atoms with Crippen molar-refractivity contribution in [3.05, 3.63) is 23.3 Å². The normalized spacial score (nSPS) is 12.6. The largest absolute Gasteiger partial charge is 0.398 e. The number of rotatable bonds is 5. The zero-order valence-electron chi connectivity index (χ0n) is 12.7. The third-order valence-electron chi connectivity index (χ3n) is 3.79. The average molecular weight is 273 g/mol. The van der Waals surface area contributed by atoms with Crippen LogP contribution >= 0.6 is 0 Å². The summed E-state index contributed by atoms with van der Waals surface area (Å²) in [6.45, 7) is 8.44. The Labute approximate surface area is 120 Å². The van der Waals surface area contributed by atoms with E-state index in [1.165, 1.54) is 0 Å². The van der Waals surface area contributed by atoms with Crippen LogP contribution in [0.15, 0.2) is 12.1 Å². The summed E-state index contributed by atoms with van der Waals surface area (Å²) in [4.78, 5) is 0. The summed E-state index contributed by atoms with van der Waals surface area (Å²) in [5.74, 6) is 0.814. The third-order valence-corrected chi connectivity index (χ3v) is 3.79. The van der Waals surface area contributed by atoms with E-state index in [4.69, 9.17) is 5.73 Å². The lowest BCUT2D eigenvalue weighted by Crippen LogP contribution is -2.12. The van der Waals surface area contributed by atoms with E-state index in [9.17, 15) is 0 Å². The molecule has 1 aromatic heterocycles. The molecular formula is C15H23N5. The first-order valence-electron chi connectivity index (χ1n) is 7.23. The van der Waals surface area contributed by atoms with Gasteiger partial charge in [0.1, 0.15) is 0 Å². The zero-order valence-corrected chi connectivity index (χ0v) is 12.7. The number of hydrogen-bond acceptors (Lipinski definition) is 4. The van der Waals surface area contributed by atoms with Crippen molar-refractivity contribution in [2.75, 3.05) is 5.73 Å². The predicted octanol–water partition coefficient (Wildman–Crippen LogP) is 3.29. The summed E-state index contributed by atoms with van der Waals surface area (Å²) >= 11 is 0. The molecule has 0 fully saturated rings. The molecule has 0 amide bonds. The molecule has 0 saturated heterocycles. The highest BCUT2D eigenvalue weighted by molar-refractivity contribution is 5.67. The Balaban J connectivity index is 2.49. The molecule has 5 nitrogen and oxygen atoms in total. The van der Waals surface area contributed by atoms with Crippen LogP contribution in [-0.4, -0.2) is 20.2 Å². The van der Waals surface area contributed by atoms with E-state index in [0.29, 0.717) is 6.04 Å². The van der Waals surface area contributed by atoms with Crippen molar-refractivity contribution in [3.63, 3.8) is 0 Å². The second-order valence-electron chi connectivity index (χ2n) is 5.32. The van der Waals surface area contributed by atoms with Gasteiger partial charge < -0.3 is 5.73 Å². The molecule has 0 spiro atoms. The van der Waals surface area contributed by atoms with E-state index in [2.05, 4.69) is 42.4 Å². The van der Waals surface area contributed by atoms with Crippen LogP contribution < -0.4 is 5.73 Å². The Morgan fingerprint density at radius 2 is 1.95 bits per heavy atom.